The molecule has 0 saturated carbocycles. The number of carbonyl (C=O) groups excluding carboxylic acids is 2. The summed E-state index contributed by atoms with van der Waals surface area (Å²) in [5, 5.41) is 15.0. The van der Waals surface area contributed by atoms with Gasteiger partial charge in [-0.25, -0.2) is 10.2 Å². The van der Waals surface area contributed by atoms with Crippen LogP contribution in [0.25, 0.3) is 0 Å². The van der Waals surface area contributed by atoms with Crippen molar-refractivity contribution >= 4 is 41.3 Å². The Kier molecular flexibility index (Phi) is 7.11. The fourth-order valence-corrected chi connectivity index (χ4v) is 2.38. The first-order valence-electron chi connectivity index (χ1n) is 8.12. The number of nitrogens with one attached hydrogen (secondary N) is 2. The van der Waals surface area contributed by atoms with E-state index in [1.165, 1.54) is 18.3 Å². The number of ether oxygens (including phenoxy) is 1. The largest absolute Gasteiger partial charge is 0.480 e. The summed E-state index contributed by atoms with van der Waals surface area (Å²) in [4.78, 5) is 34.3. The number of hydrazone groups is 1. The molecule has 0 aliphatic rings. The third-order valence-electron chi connectivity index (χ3n) is 3.75. The van der Waals surface area contributed by atoms with Gasteiger partial charge in [-0.2, -0.15) is 5.10 Å². The molecule has 0 spiro atoms. The van der Waals surface area contributed by atoms with E-state index in [4.69, 9.17) is 21.4 Å². The van der Waals surface area contributed by atoms with E-state index < -0.39 is 24.4 Å². The average Bonchev–Trinajstić information content (AvgIpc) is 2.64. The molecule has 3 N–H and O–H groups in total. The Morgan fingerprint density at radius 2 is 1.93 bits per heavy atom. The number of benzene rings is 2. The maximum Gasteiger partial charge on any atom is 0.341 e. The monoisotopic (exact) mass is 403 g/mol. The minimum Gasteiger partial charge on any atom is -0.480 e. The van der Waals surface area contributed by atoms with Crippen molar-refractivity contribution in [3.8, 4) is 5.75 Å². The van der Waals surface area contributed by atoms with Crippen molar-refractivity contribution in [3.63, 3.8) is 0 Å². The van der Waals surface area contributed by atoms with E-state index in [9.17, 15) is 14.4 Å². The topological polar surface area (TPSA) is 117 Å². The summed E-state index contributed by atoms with van der Waals surface area (Å²) < 4.78 is 5.00. The van der Waals surface area contributed by atoms with Gasteiger partial charge in [0.15, 0.2) is 6.61 Å². The minimum atomic E-state index is -1.12. The molecule has 0 aliphatic heterocycles. The van der Waals surface area contributed by atoms with Crippen LogP contribution in [0.3, 0.4) is 0 Å². The number of carbonyl (C=O) groups is 3. The molecule has 0 saturated heterocycles. The van der Waals surface area contributed by atoms with Crippen LogP contribution in [0.4, 0.5) is 5.69 Å². The zero-order chi connectivity index (χ0) is 20.7. The molecule has 146 valence electrons. The van der Waals surface area contributed by atoms with Gasteiger partial charge in [0.25, 0.3) is 0 Å². The summed E-state index contributed by atoms with van der Waals surface area (Å²) >= 11 is 5.99. The average molecular weight is 404 g/mol. The van der Waals surface area contributed by atoms with Crippen LogP contribution >= 0.6 is 11.6 Å². The Morgan fingerprint density at radius 3 is 2.61 bits per heavy atom. The second kappa shape index (κ2) is 9.52. The van der Waals surface area contributed by atoms with Crippen LogP contribution in [-0.4, -0.2) is 35.7 Å². The second-order valence-corrected chi connectivity index (χ2v) is 6.18. The highest BCUT2D eigenvalue weighted by Crippen LogP contribution is 2.24. The first-order valence-corrected chi connectivity index (χ1v) is 8.50. The van der Waals surface area contributed by atoms with E-state index in [2.05, 4.69) is 15.8 Å². The lowest BCUT2D eigenvalue weighted by atomic mass is 10.1. The number of rotatable bonds is 6. The van der Waals surface area contributed by atoms with Gasteiger partial charge in [0, 0.05) is 5.69 Å². The maximum absolute atomic E-state index is 12.0. The Morgan fingerprint density at radius 1 is 1.18 bits per heavy atom. The highest BCUT2D eigenvalue weighted by Gasteiger charge is 2.14. The highest BCUT2D eigenvalue weighted by molar-refractivity contribution is 6.39. The molecule has 0 heterocycles. The minimum absolute atomic E-state index is 0.184. The van der Waals surface area contributed by atoms with Crippen LogP contribution in [0.5, 0.6) is 5.75 Å². The number of carboxylic acid groups (broad SMARTS) is 1. The molecule has 0 atom stereocenters. The van der Waals surface area contributed by atoms with E-state index in [-0.39, 0.29) is 10.8 Å². The third kappa shape index (κ3) is 5.82. The van der Waals surface area contributed by atoms with E-state index in [1.807, 2.05) is 19.9 Å². The Hall–Kier alpha value is -3.39. The normalized spacial score (nSPS) is 10.5. The predicted molar refractivity (Wildman–Crippen MR) is 105 cm³/mol. The molecule has 0 aromatic heterocycles. The maximum atomic E-state index is 12.0. The number of halogens is 1. The Balaban J connectivity index is 1.93. The standard InChI is InChI=1S/C19H18ClN3O5/c1-11-4-3-5-15(12(11)2)22-18(26)19(27)23-21-9-13-6-7-16(14(20)8-13)28-10-17(24)25/h3-9H,10H2,1-2H3,(H,22,26)(H,23,27)(H,24,25)/b21-9-. The van der Waals surface area contributed by atoms with E-state index in [0.29, 0.717) is 11.3 Å². The zero-order valence-electron chi connectivity index (χ0n) is 15.2. The van der Waals surface area contributed by atoms with Crippen LogP contribution in [-0.2, 0) is 14.4 Å². The molecule has 0 radical (unpaired) electrons. The molecule has 8 nitrogen and oxygen atoms in total. The van der Waals surface area contributed by atoms with Gasteiger partial charge < -0.3 is 15.2 Å². The number of hydrogen-bond acceptors (Lipinski definition) is 5. The SMILES string of the molecule is Cc1cccc(NC(=O)C(=O)N/N=C\c2ccc(OCC(=O)O)c(Cl)c2)c1C. The third-order valence-corrected chi connectivity index (χ3v) is 4.04. The molecule has 0 fully saturated rings. The van der Waals surface area contributed by atoms with Gasteiger partial charge >= 0.3 is 17.8 Å². The van der Waals surface area contributed by atoms with E-state index >= 15 is 0 Å². The lowest BCUT2D eigenvalue weighted by molar-refractivity contribution is -0.139. The molecule has 0 unspecified atom stereocenters. The van der Waals surface area contributed by atoms with Gasteiger partial charge in [-0.1, -0.05) is 23.7 Å². The van der Waals surface area contributed by atoms with Gasteiger partial charge in [-0.05, 0) is 54.8 Å². The highest BCUT2D eigenvalue weighted by atomic mass is 35.5. The van der Waals surface area contributed by atoms with Gasteiger partial charge in [0.1, 0.15) is 5.75 Å². The number of hydrogen-bond donors (Lipinski definition) is 3. The number of aryl methyl sites for hydroxylation is 1. The van der Waals surface area contributed by atoms with Crippen molar-refractivity contribution in [2.75, 3.05) is 11.9 Å². The van der Waals surface area contributed by atoms with Crippen molar-refractivity contribution in [1.29, 1.82) is 0 Å². The molecule has 2 rings (SSSR count). The number of carboxylic acids is 1. The number of amides is 2. The molecule has 9 heteroatoms. The first-order chi connectivity index (χ1) is 13.3. The van der Waals surface area contributed by atoms with Crippen molar-refractivity contribution in [1.82, 2.24) is 5.43 Å². The van der Waals surface area contributed by atoms with Crippen molar-refractivity contribution in [3.05, 3.63) is 58.1 Å². The van der Waals surface area contributed by atoms with Crippen LogP contribution in [0.15, 0.2) is 41.5 Å². The molecular weight excluding hydrogens is 386 g/mol. The van der Waals surface area contributed by atoms with Crippen molar-refractivity contribution in [2.45, 2.75) is 13.8 Å². The summed E-state index contributed by atoms with van der Waals surface area (Å²) in [6.07, 6.45) is 1.29. The summed E-state index contributed by atoms with van der Waals surface area (Å²) in [7, 11) is 0. The quantitative estimate of drug-likeness (QED) is 0.389. The van der Waals surface area contributed by atoms with Crippen LogP contribution in [0.1, 0.15) is 16.7 Å². The van der Waals surface area contributed by atoms with E-state index in [1.54, 1.807) is 18.2 Å². The molecule has 2 amide bonds. The lowest BCUT2D eigenvalue weighted by Crippen LogP contribution is -2.32. The molecular formula is C19H18ClN3O5. The summed E-state index contributed by atoms with van der Waals surface area (Å²) in [5.41, 5.74) is 5.05. The lowest BCUT2D eigenvalue weighted by Gasteiger charge is -2.09. The van der Waals surface area contributed by atoms with Crippen molar-refractivity contribution in [2.24, 2.45) is 5.10 Å². The zero-order valence-corrected chi connectivity index (χ0v) is 15.9. The number of anilines is 1. The Labute approximate surface area is 166 Å². The van der Waals surface area contributed by atoms with Gasteiger partial charge in [0.2, 0.25) is 0 Å². The fraction of sp³-hybridized carbons (Fsp3) is 0.158. The van der Waals surface area contributed by atoms with Gasteiger partial charge in [0.05, 0.1) is 11.2 Å². The van der Waals surface area contributed by atoms with Crippen molar-refractivity contribution < 1.29 is 24.2 Å². The van der Waals surface area contributed by atoms with Crippen LogP contribution in [0.2, 0.25) is 5.02 Å². The van der Waals surface area contributed by atoms with Gasteiger partial charge in [-0.3, -0.25) is 9.59 Å². The van der Waals surface area contributed by atoms with Crippen LogP contribution in [0, 0.1) is 13.8 Å². The first kappa shape index (κ1) is 20.9. The smallest absolute Gasteiger partial charge is 0.341 e. The van der Waals surface area contributed by atoms with Gasteiger partial charge in [-0.15, -0.1) is 0 Å². The van der Waals surface area contributed by atoms with Crippen LogP contribution < -0.4 is 15.5 Å². The second-order valence-electron chi connectivity index (χ2n) is 5.77. The fourth-order valence-electron chi connectivity index (χ4n) is 2.14. The summed E-state index contributed by atoms with van der Waals surface area (Å²) in [6, 6.07) is 9.90. The molecule has 2 aromatic carbocycles. The molecule has 0 bridgehead atoms. The summed E-state index contributed by atoms with van der Waals surface area (Å²) in [5.74, 6) is -2.69. The number of nitrogens with zero attached hydrogens (tertiary/aromatic N) is 1. The predicted octanol–water partition coefficient (Wildman–Crippen LogP) is 2.51. The van der Waals surface area contributed by atoms with E-state index in [0.717, 1.165) is 11.1 Å². The molecule has 28 heavy (non-hydrogen) atoms. The molecule has 2 aromatic rings. The number of aliphatic carboxylic acids is 1. The summed E-state index contributed by atoms with van der Waals surface area (Å²) in [6.45, 7) is 3.23. The Bertz CT molecular complexity index is 943. The molecule has 0 aliphatic carbocycles.